The lowest BCUT2D eigenvalue weighted by Gasteiger charge is -2.07. The van der Waals surface area contributed by atoms with E-state index >= 15 is 0 Å². The highest BCUT2D eigenvalue weighted by molar-refractivity contribution is 6.41. The Labute approximate surface area is 129 Å². The lowest BCUT2D eigenvalue weighted by molar-refractivity contribution is 0.636. The molecular weight excluding hydrogens is 322 g/mol. The van der Waals surface area contributed by atoms with Crippen molar-refractivity contribution in [3.63, 3.8) is 0 Å². The molecule has 0 bridgehead atoms. The molecule has 0 saturated carbocycles. The van der Waals surface area contributed by atoms with Crippen LogP contribution in [-0.4, -0.2) is 9.97 Å². The van der Waals surface area contributed by atoms with E-state index in [-0.39, 0.29) is 16.5 Å². The van der Waals surface area contributed by atoms with E-state index in [1.54, 1.807) is 24.3 Å². The minimum absolute atomic E-state index is 0.0763. The van der Waals surface area contributed by atoms with Crippen LogP contribution in [-0.2, 0) is 0 Å². The van der Waals surface area contributed by atoms with Crippen molar-refractivity contribution in [2.75, 3.05) is 0 Å². The first kappa shape index (κ1) is 13.6. The zero-order valence-corrected chi connectivity index (χ0v) is 12.1. The first-order valence-electron chi connectivity index (χ1n) is 5.64. The molecule has 100 valence electrons. The van der Waals surface area contributed by atoms with Crippen LogP contribution in [0, 0.1) is 5.82 Å². The van der Waals surface area contributed by atoms with E-state index in [4.69, 9.17) is 34.8 Å². The van der Waals surface area contributed by atoms with Gasteiger partial charge < -0.3 is 0 Å². The Morgan fingerprint density at radius 3 is 2.35 bits per heavy atom. The molecule has 6 heteroatoms. The molecule has 0 spiro atoms. The van der Waals surface area contributed by atoms with Gasteiger partial charge in [-0.2, -0.15) is 0 Å². The van der Waals surface area contributed by atoms with Gasteiger partial charge >= 0.3 is 0 Å². The predicted octanol–water partition coefficient (Wildman–Crippen LogP) is 5.40. The van der Waals surface area contributed by atoms with Crippen LogP contribution in [0.15, 0.2) is 36.4 Å². The fourth-order valence-electron chi connectivity index (χ4n) is 1.89. The molecule has 0 aliphatic heterocycles. The van der Waals surface area contributed by atoms with Crippen molar-refractivity contribution >= 4 is 45.7 Å². The van der Waals surface area contributed by atoms with Crippen LogP contribution in [0.5, 0.6) is 0 Å². The van der Waals surface area contributed by atoms with E-state index < -0.39 is 5.82 Å². The average molecular weight is 328 g/mol. The van der Waals surface area contributed by atoms with Gasteiger partial charge in [0.05, 0.1) is 15.4 Å². The summed E-state index contributed by atoms with van der Waals surface area (Å²) >= 11 is 18.2. The molecule has 0 amide bonds. The molecule has 0 aliphatic carbocycles. The number of rotatable bonds is 1. The first-order valence-corrected chi connectivity index (χ1v) is 6.77. The highest BCUT2D eigenvalue weighted by Gasteiger charge is 2.15. The molecule has 0 aliphatic rings. The van der Waals surface area contributed by atoms with Crippen LogP contribution in [0.2, 0.25) is 15.2 Å². The van der Waals surface area contributed by atoms with Crippen LogP contribution in [0.1, 0.15) is 0 Å². The summed E-state index contributed by atoms with van der Waals surface area (Å²) < 4.78 is 13.9. The summed E-state index contributed by atoms with van der Waals surface area (Å²) in [6.45, 7) is 0. The molecule has 1 aromatic heterocycles. The summed E-state index contributed by atoms with van der Waals surface area (Å²) in [5, 5.41) is 1.15. The number of hydrogen-bond donors (Lipinski definition) is 0. The molecule has 0 unspecified atom stereocenters. The number of fused-ring (bicyclic) bond motifs is 1. The minimum atomic E-state index is -0.512. The van der Waals surface area contributed by atoms with Gasteiger partial charge in [-0.1, -0.05) is 46.9 Å². The molecule has 0 radical (unpaired) electrons. The molecular formula is C14H6Cl3FN2. The van der Waals surface area contributed by atoms with Crippen molar-refractivity contribution in [3.8, 4) is 11.4 Å². The summed E-state index contributed by atoms with van der Waals surface area (Å²) in [6.07, 6.45) is 0. The van der Waals surface area contributed by atoms with Gasteiger partial charge in [-0.25, -0.2) is 14.4 Å². The lowest BCUT2D eigenvalue weighted by atomic mass is 10.2. The number of benzene rings is 2. The second kappa shape index (κ2) is 5.17. The summed E-state index contributed by atoms with van der Waals surface area (Å²) in [5.74, 6) is -0.253. The Morgan fingerprint density at radius 1 is 0.850 bits per heavy atom. The topological polar surface area (TPSA) is 25.8 Å². The van der Waals surface area contributed by atoms with Gasteiger partial charge in [0.1, 0.15) is 16.5 Å². The molecule has 20 heavy (non-hydrogen) atoms. The SMILES string of the molecule is Fc1ccc(Cl)c2c(Cl)nc(-c3ccccc3Cl)nc12. The fourth-order valence-corrected chi connectivity index (χ4v) is 2.67. The maximum atomic E-state index is 13.9. The third kappa shape index (κ3) is 2.22. The van der Waals surface area contributed by atoms with Crippen molar-refractivity contribution in [2.24, 2.45) is 0 Å². The Bertz CT molecular complexity index is 821. The highest BCUT2D eigenvalue weighted by atomic mass is 35.5. The normalized spacial score (nSPS) is 11.0. The smallest absolute Gasteiger partial charge is 0.163 e. The molecule has 0 atom stereocenters. The molecule has 0 saturated heterocycles. The fraction of sp³-hybridized carbons (Fsp3) is 0. The minimum Gasteiger partial charge on any atom is -0.225 e. The predicted molar refractivity (Wildman–Crippen MR) is 80.0 cm³/mol. The largest absolute Gasteiger partial charge is 0.225 e. The molecule has 0 fully saturated rings. The first-order chi connectivity index (χ1) is 9.58. The van der Waals surface area contributed by atoms with E-state index in [0.717, 1.165) is 0 Å². The van der Waals surface area contributed by atoms with Gasteiger partial charge in [-0.3, -0.25) is 0 Å². The molecule has 3 aromatic rings. The maximum Gasteiger partial charge on any atom is 0.163 e. The molecule has 1 heterocycles. The van der Waals surface area contributed by atoms with Crippen molar-refractivity contribution in [2.45, 2.75) is 0 Å². The van der Waals surface area contributed by atoms with Crippen molar-refractivity contribution < 1.29 is 4.39 Å². The van der Waals surface area contributed by atoms with E-state index in [1.807, 2.05) is 0 Å². The van der Waals surface area contributed by atoms with Crippen LogP contribution in [0.3, 0.4) is 0 Å². The monoisotopic (exact) mass is 326 g/mol. The quantitative estimate of drug-likeness (QED) is 0.560. The Hall–Kier alpha value is -1.42. The maximum absolute atomic E-state index is 13.9. The van der Waals surface area contributed by atoms with Crippen LogP contribution in [0.4, 0.5) is 4.39 Å². The van der Waals surface area contributed by atoms with E-state index in [1.165, 1.54) is 12.1 Å². The Morgan fingerprint density at radius 2 is 1.60 bits per heavy atom. The van der Waals surface area contributed by atoms with Crippen LogP contribution in [0.25, 0.3) is 22.3 Å². The molecule has 0 N–H and O–H groups in total. The van der Waals surface area contributed by atoms with E-state index in [0.29, 0.717) is 21.0 Å². The van der Waals surface area contributed by atoms with Gasteiger partial charge in [-0.05, 0) is 24.3 Å². The van der Waals surface area contributed by atoms with Crippen LogP contribution >= 0.6 is 34.8 Å². The van der Waals surface area contributed by atoms with Gasteiger partial charge in [0, 0.05) is 5.56 Å². The van der Waals surface area contributed by atoms with Crippen molar-refractivity contribution in [1.82, 2.24) is 9.97 Å². The summed E-state index contributed by atoms with van der Waals surface area (Å²) in [5.41, 5.74) is 0.657. The molecule has 2 aromatic carbocycles. The van der Waals surface area contributed by atoms with Crippen molar-refractivity contribution in [3.05, 3.63) is 57.4 Å². The Balaban J connectivity index is 2.36. The van der Waals surface area contributed by atoms with Crippen LogP contribution < -0.4 is 0 Å². The van der Waals surface area contributed by atoms with Gasteiger partial charge in [0.25, 0.3) is 0 Å². The highest BCUT2D eigenvalue weighted by Crippen LogP contribution is 2.33. The lowest BCUT2D eigenvalue weighted by Crippen LogP contribution is -1.95. The van der Waals surface area contributed by atoms with Crippen molar-refractivity contribution in [1.29, 1.82) is 0 Å². The summed E-state index contributed by atoms with van der Waals surface area (Å²) in [4.78, 5) is 8.34. The second-order valence-electron chi connectivity index (χ2n) is 4.07. The zero-order chi connectivity index (χ0) is 14.3. The van der Waals surface area contributed by atoms with E-state index in [9.17, 15) is 4.39 Å². The van der Waals surface area contributed by atoms with E-state index in [2.05, 4.69) is 9.97 Å². The average Bonchev–Trinajstić information content (AvgIpc) is 2.43. The number of nitrogens with zero attached hydrogens (tertiary/aromatic N) is 2. The van der Waals surface area contributed by atoms with Gasteiger partial charge in [-0.15, -0.1) is 0 Å². The third-order valence-corrected chi connectivity index (χ3v) is 3.74. The molecule has 2 nitrogen and oxygen atoms in total. The third-order valence-electron chi connectivity index (χ3n) is 2.82. The summed E-state index contributed by atoms with van der Waals surface area (Å²) in [7, 11) is 0. The van der Waals surface area contributed by atoms with Gasteiger partial charge in [0.2, 0.25) is 0 Å². The Kier molecular flexibility index (Phi) is 3.50. The number of halogens is 4. The van der Waals surface area contributed by atoms with Gasteiger partial charge in [0.15, 0.2) is 5.82 Å². The molecule has 3 rings (SSSR count). The standard InChI is InChI=1S/C14H6Cl3FN2/c15-8-4-2-1-3-7(8)14-19-12-10(18)6-5-9(16)11(12)13(17)20-14/h1-6H. The number of aromatic nitrogens is 2. The number of hydrogen-bond acceptors (Lipinski definition) is 2. The second-order valence-corrected chi connectivity index (χ2v) is 5.24. The zero-order valence-electron chi connectivity index (χ0n) is 9.87. The summed E-state index contributed by atoms with van der Waals surface area (Å²) in [6, 6.07) is 9.67.